The van der Waals surface area contributed by atoms with Crippen molar-refractivity contribution >= 4 is 0 Å². The number of rotatable bonds is 8. The van der Waals surface area contributed by atoms with E-state index in [1.54, 1.807) is 0 Å². The van der Waals surface area contributed by atoms with Crippen molar-refractivity contribution in [1.29, 1.82) is 0 Å². The molecule has 0 radical (unpaired) electrons. The summed E-state index contributed by atoms with van der Waals surface area (Å²) in [7, 11) is 0. The second kappa shape index (κ2) is 9.94. The van der Waals surface area contributed by atoms with E-state index in [2.05, 4.69) is 0 Å². The lowest BCUT2D eigenvalue weighted by Crippen LogP contribution is -2.28. The van der Waals surface area contributed by atoms with Crippen molar-refractivity contribution in [2.45, 2.75) is 37.8 Å². The molecule has 1 unspecified atom stereocenters. The van der Waals surface area contributed by atoms with E-state index in [-0.39, 0.29) is 18.2 Å². The second-order valence-corrected chi connectivity index (χ2v) is 6.58. The van der Waals surface area contributed by atoms with E-state index in [1.165, 1.54) is 19.1 Å². The molecule has 0 amide bonds. The van der Waals surface area contributed by atoms with Crippen LogP contribution < -0.4 is 0 Å². The van der Waals surface area contributed by atoms with E-state index < -0.39 is 60.0 Å². The van der Waals surface area contributed by atoms with Gasteiger partial charge in [0.25, 0.3) is 0 Å². The molecule has 0 aromatic heterocycles. The molecule has 0 aliphatic heterocycles. The minimum absolute atomic E-state index is 0.0106. The molecule has 2 rings (SSSR count). The molecular weight excluding hydrogens is 437 g/mol. The monoisotopic (exact) mass is 456 g/mol. The second-order valence-electron chi connectivity index (χ2n) is 6.58. The van der Waals surface area contributed by atoms with E-state index in [4.69, 9.17) is 14.6 Å². The number of aliphatic hydroxyl groups excluding tert-OH is 2. The third-order valence-electron chi connectivity index (χ3n) is 4.26. The quantitative estimate of drug-likeness (QED) is 0.433. The highest BCUT2D eigenvalue weighted by atomic mass is 19.4. The van der Waals surface area contributed by atoms with Gasteiger partial charge in [0, 0.05) is 0 Å². The van der Waals surface area contributed by atoms with Crippen molar-refractivity contribution in [3.63, 3.8) is 0 Å². The summed E-state index contributed by atoms with van der Waals surface area (Å²) in [6, 6.07) is 5.48. The van der Waals surface area contributed by atoms with Gasteiger partial charge in [-0.25, -0.2) is 4.39 Å². The largest absolute Gasteiger partial charge is 0.416 e. The maximum Gasteiger partial charge on any atom is 0.416 e. The van der Waals surface area contributed by atoms with Crippen LogP contribution in [0.2, 0.25) is 0 Å². The van der Waals surface area contributed by atoms with Crippen LogP contribution in [-0.4, -0.2) is 29.7 Å². The third-order valence-corrected chi connectivity index (χ3v) is 4.26. The Morgan fingerprint density at radius 3 is 1.84 bits per heavy atom. The highest BCUT2D eigenvalue weighted by Gasteiger charge is 2.37. The number of benzene rings is 2. The molecule has 0 aliphatic carbocycles. The first-order valence-electron chi connectivity index (χ1n) is 8.93. The van der Waals surface area contributed by atoms with Crippen LogP contribution in [0.25, 0.3) is 0 Å². The van der Waals surface area contributed by atoms with E-state index in [1.807, 2.05) is 0 Å². The third kappa shape index (κ3) is 6.89. The summed E-state index contributed by atoms with van der Waals surface area (Å²) in [5.41, 5.74) is -3.36. The van der Waals surface area contributed by atoms with Crippen molar-refractivity contribution in [3.8, 4) is 0 Å². The topological polar surface area (TPSA) is 58.9 Å². The number of ether oxygens (including phenoxy) is 2. The van der Waals surface area contributed by atoms with Crippen molar-refractivity contribution in [1.82, 2.24) is 0 Å². The summed E-state index contributed by atoms with van der Waals surface area (Å²) >= 11 is 0. The Balaban J connectivity index is 2.35. The highest BCUT2D eigenvalue weighted by Crippen LogP contribution is 2.38. The van der Waals surface area contributed by atoms with E-state index in [0.29, 0.717) is 12.1 Å². The average molecular weight is 456 g/mol. The van der Waals surface area contributed by atoms with Crippen molar-refractivity contribution in [2.24, 2.45) is 0 Å². The number of halogens is 7. The van der Waals surface area contributed by atoms with Crippen LogP contribution in [0.15, 0.2) is 42.5 Å². The Hall–Kier alpha value is -2.21. The highest BCUT2D eigenvalue weighted by molar-refractivity contribution is 5.34. The van der Waals surface area contributed by atoms with Crippen LogP contribution in [0.5, 0.6) is 0 Å². The van der Waals surface area contributed by atoms with Gasteiger partial charge in [0.05, 0.1) is 30.4 Å². The minimum Gasteiger partial charge on any atom is -0.394 e. The minimum atomic E-state index is -5.03. The first kappa shape index (κ1) is 25.1. The number of hydrogen-bond acceptors (Lipinski definition) is 4. The van der Waals surface area contributed by atoms with Gasteiger partial charge in [-0.3, -0.25) is 0 Å². The molecular formula is C20H19F7O4. The maximum atomic E-state index is 13.1. The zero-order chi connectivity index (χ0) is 23.4. The smallest absolute Gasteiger partial charge is 0.394 e. The van der Waals surface area contributed by atoms with Gasteiger partial charge in [0.15, 0.2) is 6.29 Å². The van der Waals surface area contributed by atoms with Gasteiger partial charge in [0.2, 0.25) is 0 Å². The van der Waals surface area contributed by atoms with Crippen LogP contribution in [-0.2, 0) is 21.8 Å². The molecule has 11 heteroatoms. The molecule has 2 aromatic rings. The van der Waals surface area contributed by atoms with Gasteiger partial charge in [0.1, 0.15) is 11.9 Å². The fourth-order valence-corrected chi connectivity index (χ4v) is 2.68. The molecule has 31 heavy (non-hydrogen) atoms. The van der Waals surface area contributed by atoms with Gasteiger partial charge in [-0.05, 0) is 48.4 Å². The van der Waals surface area contributed by atoms with Gasteiger partial charge >= 0.3 is 12.4 Å². The Morgan fingerprint density at radius 2 is 1.39 bits per heavy atom. The average Bonchev–Trinajstić information content (AvgIpc) is 2.69. The maximum absolute atomic E-state index is 13.1. The number of hydrogen-bond donors (Lipinski definition) is 2. The number of alkyl halides is 6. The lowest BCUT2D eigenvalue weighted by atomic mass is 10.0. The van der Waals surface area contributed by atoms with Crippen LogP contribution in [0.1, 0.15) is 41.4 Å². The lowest BCUT2D eigenvalue weighted by molar-refractivity contribution is -0.219. The molecule has 172 valence electrons. The lowest BCUT2D eigenvalue weighted by Gasteiger charge is -2.27. The van der Waals surface area contributed by atoms with Crippen LogP contribution in [0.3, 0.4) is 0 Å². The Morgan fingerprint density at radius 1 is 0.871 bits per heavy atom. The van der Waals surface area contributed by atoms with Gasteiger partial charge < -0.3 is 19.7 Å². The van der Waals surface area contributed by atoms with Crippen LogP contribution in [0, 0.1) is 5.82 Å². The predicted octanol–water partition coefficient (Wildman–Crippen LogP) is 5.01. The van der Waals surface area contributed by atoms with Gasteiger partial charge in [-0.2, -0.15) is 26.3 Å². The standard InChI is InChI=1S/C20H19F7O4/c1-11(13-8-14(19(22,23)24)10-15(9-13)20(25,26)27)31-18(30-7-6-28)17(29)12-2-4-16(21)5-3-12/h2-5,8-11,17-18,28-29H,6-7H2,1H3/t11-,17?,18-/m1/s1. The van der Waals surface area contributed by atoms with Crippen molar-refractivity contribution < 1.29 is 50.4 Å². The first-order chi connectivity index (χ1) is 14.3. The van der Waals surface area contributed by atoms with E-state index in [9.17, 15) is 35.8 Å². The molecule has 3 atom stereocenters. The summed E-state index contributed by atoms with van der Waals surface area (Å²) in [5.74, 6) is -0.596. The van der Waals surface area contributed by atoms with Crippen LogP contribution >= 0.6 is 0 Å². The summed E-state index contributed by atoms with van der Waals surface area (Å²) in [6.07, 6.45) is -14.6. The van der Waals surface area contributed by atoms with E-state index in [0.717, 1.165) is 12.1 Å². The summed E-state index contributed by atoms with van der Waals surface area (Å²) in [6.45, 7) is 0.348. The molecule has 0 saturated heterocycles. The Labute approximate surface area is 172 Å². The Kier molecular flexibility index (Phi) is 8.04. The molecule has 0 aliphatic rings. The summed E-state index contributed by atoms with van der Waals surface area (Å²) in [5, 5.41) is 19.4. The molecule has 0 heterocycles. The molecule has 0 fully saturated rings. The molecule has 2 N–H and O–H groups in total. The summed E-state index contributed by atoms with van der Waals surface area (Å²) in [4.78, 5) is 0. The first-order valence-corrected chi connectivity index (χ1v) is 8.93. The fraction of sp³-hybridized carbons (Fsp3) is 0.400. The molecule has 2 aromatic carbocycles. The molecule has 0 bridgehead atoms. The number of aliphatic hydroxyl groups is 2. The van der Waals surface area contributed by atoms with Crippen molar-refractivity contribution in [2.75, 3.05) is 13.2 Å². The Bertz CT molecular complexity index is 818. The molecule has 4 nitrogen and oxygen atoms in total. The normalized spacial score (nSPS) is 15.5. The molecule has 0 spiro atoms. The fourth-order valence-electron chi connectivity index (χ4n) is 2.68. The SMILES string of the molecule is C[C@@H](O[C@@H](OCCO)C(O)c1ccc(F)cc1)c1cc(C(F)(F)F)cc(C(F)(F)F)c1. The summed E-state index contributed by atoms with van der Waals surface area (Å²) < 4.78 is 102. The van der Waals surface area contributed by atoms with Gasteiger partial charge in [-0.1, -0.05) is 12.1 Å². The van der Waals surface area contributed by atoms with Crippen LogP contribution in [0.4, 0.5) is 30.7 Å². The molecule has 0 saturated carbocycles. The zero-order valence-electron chi connectivity index (χ0n) is 16.0. The van der Waals surface area contributed by atoms with Crippen molar-refractivity contribution in [3.05, 3.63) is 70.5 Å². The van der Waals surface area contributed by atoms with Gasteiger partial charge in [-0.15, -0.1) is 0 Å². The van der Waals surface area contributed by atoms with E-state index >= 15 is 0 Å². The zero-order valence-corrected chi connectivity index (χ0v) is 16.0. The predicted molar refractivity (Wildman–Crippen MR) is 94.1 cm³/mol.